The van der Waals surface area contributed by atoms with Crippen LogP contribution in [-0.2, 0) is 17.8 Å². The number of hydrogen-bond donors (Lipinski definition) is 1. The van der Waals surface area contributed by atoms with Crippen molar-refractivity contribution in [2.45, 2.75) is 84.1 Å². The van der Waals surface area contributed by atoms with Crippen LogP contribution in [0.15, 0.2) is 36.4 Å². The lowest BCUT2D eigenvalue weighted by Gasteiger charge is -2.24. The molecule has 4 aromatic rings. The number of esters is 1. The summed E-state index contributed by atoms with van der Waals surface area (Å²) in [7, 11) is 3.09. The Bertz CT molecular complexity index is 1810. The van der Waals surface area contributed by atoms with Gasteiger partial charge in [0, 0.05) is 33.8 Å². The second-order valence-corrected chi connectivity index (χ2v) is 13.6. The fraction of sp³-hybridized carbons (Fsp3) is 0.417. The molecule has 1 N–H and O–H groups in total. The molecule has 1 aliphatic heterocycles. The third-order valence-corrected chi connectivity index (χ3v) is 9.83. The molecule has 9 heteroatoms. The molecule has 6 rings (SSSR count). The summed E-state index contributed by atoms with van der Waals surface area (Å²) in [5.74, 6) is 0.676. The van der Waals surface area contributed by atoms with E-state index < -0.39 is 5.97 Å². The zero-order valence-corrected chi connectivity index (χ0v) is 27.8. The number of ether oxygens (including phenoxy) is 2. The van der Waals surface area contributed by atoms with E-state index in [4.69, 9.17) is 14.6 Å². The Morgan fingerprint density at radius 1 is 1.07 bits per heavy atom. The Morgan fingerprint density at radius 3 is 2.53 bits per heavy atom. The highest BCUT2D eigenvalue weighted by molar-refractivity contribution is 7.98. The van der Waals surface area contributed by atoms with Crippen molar-refractivity contribution in [1.82, 2.24) is 19.1 Å². The molecule has 3 heterocycles. The van der Waals surface area contributed by atoms with Crippen molar-refractivity contribution in [2.75, 3.05) is 14.2 Å². The number of carbonyl (C=O) groups is 2. The van der Waals surface area contributed by atoms with E-state index in [2.05, 4.69) is 47.4 Å². The number of rotatable bonds is 8. The third-order valence-electron chi connectivity index (χ3n) is 9.06. The predicted molar refractivity (Wildman–Crippen MR) is 182 cm³/mol. The molecule has 8 nitrogen and oxygen atoms in total. The summed E-state index contributed by atoms with van der Waals surface area (Å²) >= 11 is 1.42. The number of aryl methyl sites for hydroxylation is 2. The van der Waals surface area contributed by atoms with Gasteiger partial charge in [0.2, 0.25) is 0 Å². The maximum atomic E-state index is 13.3. The number of benzene rings is 2. The molecule has 1 saturated carbocycles. The van der Waals surface area contributed by atoms with E-state index in [1.165, 1.54) is 55.0 Å². The van der Waals surface area contributed by atoms with Gasteiger partial charge < -0.3 is 14.0 Å². The number of hydrogen-bond acceptors (Lipinski definition) is 6. The van der Waals surface area contributed by atoms with Crippen LogP contribution < -0.4 is 9.46 Å². The van der Waals surface area contributed by atoms with Crippen molar-refractivity contribution in [3.63, 3.8) is 0 Å². The highest BCUT2D eigenvalue weighted by Gasteiger charge is 2.32. The summed E-state index contributed by atoms with van der Waals surface area (Å²) in [5, 5.41) is 6.21. The molecule has 0 radical (unpaired) electrons. The Balaban J connectivity index is 1.65. The first-order chi connectivity index (χ1) is 21.7. The Labute approximate surface area is 269 Å². The first kappa shape index (κ1) is 31.0. The number of carbonyl (C=O) groups excluding carboxylic acids is 2. The molecule has 1 aliphatic carbocycles. The number of nitrogens with one attached hydrogen (secondary N) is 1. The largest absolute Gasteiger partial charge is 0.497 e. The second-order valence-electron chi connectivity index (χ2n) is 12.3. The van der Waals surface area contributed by atoms with Gasteiger partial charge in [-0.3, -0.25) is 14.2 Å². The monoisotopic (exact) mass is 626 g/mol. The Morgan fingerprint density at radius 2 is 1.84 bits per heavy atom. The van der Waals surface area contributed by atoms with Gasteiger partial charge in [-0.15, -0.1) is 0 Å². The average Bonchev–Trinajstić information content (AvgIpc) is 3.50. The molecule has 2 aliphatic rings. The number of fused-ring (bicyclic) bond motifs is 5. The summed E-state index contributed by atoms with van der Waals surface area (Å²) in [4.78, 5) is 26.5. The lowest BCUT2D eigenvalue weighted by molar-refractivity contribution is 0.0599. The molecule has 2 aromatic carbocycles. The van der Waals surface area contributed by atoms with Crippen LogP contribution in [0.3, 0.4) is 0 Å². The molecule has 0 unspecified atom stereocenters. The highest BCUT2D eigenvalue weighted by atomic mass is 32.2. The van der Waals surface area contributed by atoms with Gasteiger partial charge >= 0.3 is 5.97 Å². The summed E-state index contributed by atoms with van der Waals surface area (Å²) < 4.78 is 18.2. The van der Waals surface area contributed by atoms with Crippen LogP contribution >= 0.6 is 11.9 Å². The van der Waals surface area contributed by atoms with Crippen molar-refractivity contribution in [1.29, 1.82) is 0 Å². The zero-order chi connectivity index (χ0) is 31.8. The van der Waals surface area contributed by atoms with Crippen LogP contribution in [0.25, 0.3) is 33.8 Å². The SMILES string of the molecule is CCn1nc(C)c(C(=O)OC)c1C1=Cc2cc(OC)ccc2-c2c(C3CCCCC3)c3ccc(C(=O)NSC(C)C)cc3n2C1. The lowest BCUT2D eigenvalue weighted by atomic mass is 9.81. The van der Waals surface area contributed by atoms with Crippen molar-refractivity contribution in [3.05, 3.63) is 70.0 Å². The Kier molecular flexibility index (Phi) is 8.82. The van der Waals surface area contributed by atoms with Gasteiger partial charge in [-0.05, 0) is 97.7 Å². The fourth-order valence-electron chi connectivity index (χ4n) is 7.04. The summed E-state index contributed by atoms with van der Waals surface area (Å²) in [6.07, 6.45) is 8.13. The standard InChI is InChI=1S/C36H42N4O4S/c1-7-40-33(31(22(4)37-40)36(42)44-6)26-17-25-18-27(43-5)14-16-28(25)34-32(23-11-9-8-10-12-23)29-15-13-24(19-30(29)39(34)20-26)35(41)38-45-21(2)3/h13-19,21,23H,7-12,20H2,1-6H3,(H,38,41). The van der Waals surface area contributed by atoms with E-state index in [1.54, 1.807) is 7.11 Å². The molecule has 0 bridgehead atoms. The van der Waals surface area contributed by atoms with Gasteiger partial charge in [-0.2, -0.15) is 5.10 Å². The lowest BCUT2D eigenvalue weighted by Crippen LogP contribution is -2.18. The smallest absolute Gasteiger partial charge is 0.341 e. The zero-order valence-electron chi connectivity index (χ0n) is 27.0. The van der Waals surface area contributed by atoms with Crippen molar-refractivity contribution >= 4 is 46.4 Å². The van der Waals surface area contributed by atoms with Crippen LogP contribution in [0.1, 0.15) is 102 Å². The minimum Gasteiger partial charge on any atom is -0.497 e. The molecule has 1 amide bonds. The van der Waals surface area contributed by atoms with Gasteiger partial charge in [-0.1, -0.05) is 39.2 Å². The second kappa shape index (κ2) is 12.8. The molecular weight excluding hydrogens is 584 g/mol. The molecule has 1 fully saturated rings. The van der Waals surface area contributed by atoms with Crippen LogP contribution in [0.2, 0.25) is 0 Å². The normalized spacial score (nSPS) is 15.0. The molecule has 45 heavy (non-hydrogen) atoms. The molecule has 0 spiro atoms. The van der Waals surface area contributed by atoms with E-state index in [9.17, 15) is 9.59 Å². The summed E-state index contributed by atoms with van der Waals surface area (Å²) in [6, 6.07) is 12.4. The van der Waals surface area contributed by atoms with Crippen LogP contribution in [0.5, 0.6) is 5.75 Å². The minimum absolute atomic E-state index is 0.104. The van der Waals surface area contributed by atoms with E-state index in [1.807, 2.05) is 36.7 Å². The quantitative estimate of drug-likeness (QED) is 0.157. The van der Waals surface area contributed by atoms with E-state index in [-0.39, 0.29) is 11.2 Å². The molecule has 0 saturated heterocycles. The molecular formula is C36H42N4O4S. The number of allylic oxidation sites excluding steroid dienone is 1. The van der Waals surface area contributed by atoms with Crippen LogP contribution in [-0.4, -0.2) is 45.7 Å². The topological polar surface area (TPSA) is 87.4 Å². The van der Waals surface area contributed by atoms with Crippen LogP contribution in [0, 0.1) is 6.92 Å². The maximum Gasteiger partial charge on any atom is 0.341 e. The fourth-order valence-corrected chi connectivity index (χ4v) is 7.50. The first-order valence-corrected chi connectivity index (χ1v) is 16.8. The maximum absolute atomic E-state index is 13.3. The molecule has 0 atom stereocenters. The summed E-state index contributed by atoms with van der Waals surface area (Å²) in [5.41, 5.74) is 9.12. The molecule has 236 valence electrons. The van der Waals surface area contributed by atoms with Crippen LogP contribution in [0.4, 0.5) is 0 Å². The minimum atomic E-state index is -0.402. The summed E-state index contributed by atoms with van der Waals surface area (Å²) in [6.45, 7) is 9.10. The number of aromatic nitrogens is 3. The first-order valence-electron chi connectivity index (χ1n) is 15.9. The van der Waals surface area contributed by atoms with Gasteiger partial charge in [0.25, 0.3) is 5.91 Å². The van der Waals surface area contributed by atoms with Gasteiger partial charge in [0.15, 0.2) is 0 Å². The third kappa shape index (κ3) is 5.67. The van der Waals surface area contributed by atoms with Crippen molar-refractivity contribution < 1.29 is 19.1 Å². The molecule has 2 aromatic heterocycles. The van der Waals surface area contributed by atoms with Crippen molar-refractivity contribution in [3.8, 4) is 17.0 Å². The van der Waals surface area contributed by atoms with E-state index in [0.717, 1.165) is 46.5 Å². The number of nitrogens with zero attached hydrogens (tertiary/aromatic N) is 3. The average molecular weight is 627 g/mol. The van der Waals surface area contributed by atoms with E-state index in [0.29, 0.717) is 35.8 Å². The van der Waals surface area contributed by atoms with Gasteiger partial charge in [-0.25, -0.2) is 4.79 Å². The number of methoxy groups -OCH3 is 2. The van der Waals surface area contributed by atoms with Crippen molar-refractivity contribution in [2.24, 2.45) is 0 Å². The van der Waals surface area contributed by atoms with Gasteiger partial charge in [0.1, 0.15) is 11.3 Å². The van der Waals surface area contributed by atoms with Gasteiger partial charge in [0.05, 0.1) is 37.8 Å². The van der Waals surface area contributed by atoms with E-state index >= 15 is 0 Å². The highest BCUT2D eigenvalue weighted by Crippen LogP contribution is 2.48. The predicted octanol–water partition coefficient (Wildman–Crippen LogP) is 8.02. The Hall–Kier alpha value is -3.98. The number of amides is 1.